The van der Waals surface area contributed by atoms with Crippen molar-refractivity contribution < 1.29 is 0 Å². The van der Waals surface area contributed by atoms with Crippen LogP contribution in [-0.4, -0.2) is 31.1 Å². The molecule has 2 aliphatic heterocycles. The quantitative estimate of drug-likeness (QED) is 0.823. The fourth-order valence-corrected chi connectivity index (χ4v) is 3.42. The van der Waals surface area contributed by atoms with Crippen LogP contribution >= 0.6 is 0 Å². The molecule has 0 aliphatic carbocycles. The second-order valence-corrected chi connectivity index (χ2v) is 5.36. The van der Waals surface area contributed by atoms with Gasteiger partial charge in [-0.3, -0.25) is 0 Å². The molecule has 0 unspecified atom stereocenters. The van der Waals surface area contributed by atoms with E-state index in [0.717, 1.165) is 26.1 Å². The fraction of sp³-hybridized carbons (Fsp3) is 0.625. The van der Waals surface area contributed by atoms with Crippen LogP contribution in [0.5, 0.6) is 0 Å². The van der Waals surface area contributed by atoms with Gasteiger partial charge < -0.3 is 10.2 Å². The summed E-state index contributed by atoms with van der Waals surface area (Å²) in [5, 5.41) is 3.49. The van der Waals surface area contributed by atoms with Gasteiger partial charge in [-0.15, -0.1) is 0 Å². The SMILES string of the molecule is C=C/C=C1\C(=C/CC)C2(CCNCC2)CN1CC. The Morgan fingerprint density at radius 3 is 2.61 bits per heavy atom. The van der Waals surface area contributed by atoms with Crippen molar-refractivity contribution >= 4 is 0 Å². The van der Waals surface area contributed by atoms with E-state index in [2.05, 4.69) is 42.8 Å². The molecule has 0 saturated carbocycles. The van der Waals surface area contributed by atoms with E-state index in [1.165, 1.54) is 25.1 Å². The largest absolute Gasteiger partial charge is 0.371 e. The van der Waals surface area contributed by atoms with Gasteiger partial charge in [0.15, 0.2) is 0 Å². The number of piperidine rings is 1. The summed E-state index contributed by atoms with van der Waals surface area (Å²) < 4.78 is 0. The Morgan fingerprint density at radius 2 is 2.06 bits per heavy atom. The zero-order valence-corrected chi connectivity index (χ0v) is 11.8. The molecule has 0 radical (unpaired) electrons. The number of hydrogen-bond donors (Lipinski definition) is 1. The van der Waals surface area contributed by atoms with Gasteiger partial charge in [0, 0.05) is 24.2 Å². The first-order valence-electron chi connectivity index (χ1n) is 7.27. The van der Waals surface area contributed by atoms with E-state index >= 15 is 0 Å². The van der Waals surface area contributed by atoms with Crippen LogP contribution in [0.3, 0.4) is 0 Å². The first-order chi connectivity index (χ1) is 8.77. The summed E-state index contributed by atoms with van der Waals surface area (Å²) in [7, 11) is 0. The molecular formula is C16H26N2. The summed E-state index contributed by atoms with van der Waals surface area (Å²) in [4.78, 5) is 2.52. The van der Waals surface area contributed by atoms with Crippen molar-refractivity contribution in [3.8, 4) is 0 Å². The van der Waals surface area contributed by atoms with E-state index in [-0.39, 0.29) is 0 Å². The average molecular weight is 246 g/mol. The molecule has 1 spiro atoms. The molecule has 2 saturated heterocycles. The van der Waals surface area contributed by atoms with Crippen LogP contribution in [-0.2, 0) is 0 Å². The van der Waals surface area contributed by atoms with Crippen molar-refractivity contribution in [2.45, 2.75) is 33.1 Å². The minimum absolute atomic E-state index is 0.395. The molecule has 2 rings (SSSR count). The van der Waals surface area contributed by atoms with Crippen LogP contribution in [0.15, 0.2) is 36.1 Å². The summed E-state index contributed by atoms with van der Waals surface area (Å²) in [6.45, 7) is 13.0. The third kappa shape index (κ3) is 2.26. The molecule has 2 fully saturated rings. The van der Waals surface area contributed by atoms with Crippen molar-refractivity contribution in [1.29, 1.82) is 0 Å². The molecule has 0 bridgehead atoms. The highest BCUT2D eigenvalue weighted by atomic mass is 15.2. The lowest BCUT2D eigenvalue weighted by molar-refractivity contribution is 0.228. The number of likely N-dealkylation sites (N-methyl/N-ethyl adjacent to an activating group) is 1. The van der Waals surface area contributed by atoms with Crippen LogP contribution < -0.4 is 5.32 Å². The Bertz CT molecular complexity index is 359. The van der Waals surface area contributed by atoms with Crippen LogP contribution in [0.2, 0.25) is 0 Å². The Labute approximate surface area is 111 Å². The summed E-state index contributed by atoms with van der Waals surface area (Å²) in [5.41, 5.74) is 3.39. The predicted molar refractivity (Wildman–Crippen MR) is 78.4 cm³/mol. The molecule has 0 aromatic carbocycles. The summed E-state index contributed by atoms with van der Waals surface area (Å²) in [5.74, 6) is 0. The molecule has 100 valence electrons. The lowest BCUT2D eigenvalue weighted by Crippen LogP contribution is -2.39. The van der Waals surface area contributed by atoms with Crippen molar-refractivity contribution in [3.05, 3.63) is 36.1 Å². The monoisotopic (exact) mass is 246 g/mol. The van der Waals surface area contributed by atoms with E-state index in [1.807, 2.05) is 6.08 Å². The van der Waals surface area contributed by atoms with E-state index in [0.29, 0.717) is 5.41 Å². The number of nitrogens with zero attached hydrogens (tertiary/aromatic N) is 1. The molecule has 0 aromatic rings. The van der Waals surface area contributed by atoms with E-state index in [1.54, 1.807) is 5.57 Å². The molecule has 2 heterocycles. The number of nitrogens with one attached hydrogen (secondary N) is 1. The summed E-state index contributed by atoms with van der Waals surface area (Å²) in [6, 6.07) is 0. The predicted octanol–water partition coefficient (Wildman–Crippen LogP) is 3.10. The maximum absolute atomic E-state index is 3.88. The third-order valence-corrected chi connectivity index (χ3v) is 4.31. The lowest BCUT2D eigenvalue weighted by Gasteiger charge is -2.34. The van der Waals surface area contributed by atoms with Gasteiger partial charge in [-0.1, -0.05) is 25.7 Å². The minimum Gasteiger partial charge on any atom is -0.371 e. The zero-order chi connectivity index (χ0) is 13.0. The summed E-state index contributed by atoms with van der Waals surface area (Å²) >= 11 is 0. The average Bonchev–Trinajstić information content (AvgIpc) is 2.67. The molecular weight excluding hydrogens is 220 g/mol. The van der Waals surface area contributed by atoms with Crippen molar-refractivity contribution in [1.82, 2.24) is 10.2 Å². The zero-order valence-electron chi connectivity index (χ0n) is 11.8. The number of hydrogen-bond acceptors (Lipinski definition) is 2. The van der Waals surface area contributed by atoms with Gasteiger partial charge in [-0.2, -0.15) is 0 Å². The Morgan fingerprint density at radius 1 is 1.33 bits per heavy atom. The second kappa shape index (κ2) is 5.75. The molecule has 1 N–H and O–H groups in total. The van der Waals surface area contributed by atoms with Gasteiger partial charge in [-0.05, 0) is 50.9 Å². The van der Waals surface area contributed by atoms with Crippen molar-refractivity contribution in [2.24, 2.45) is 5.41 Å². The Hall–Kier alpha value is -1.02. The lowest BCUT2D eigenvalue weighted by atomic mass is 9.74. The van der Waals surface area contributed by atoms with Crippen LogP contribution in [0, 0.1) is 5.41 Å². The van der Waals surface area contributed by atoms with Gasteiger partial charge in [0.25, 0.3) is 0 Å². The maximum atomic E-state index is 3.88. The van der Waals surface area contributed by atoms with E-state index in [4.69, 9.17) is 0 Å². The van der Waals surface area contributed by atoms with E-state index < -0.39 is 0 Å². The number of likely N-dealkylation sites (tertiary alicyclic amines) is 1. The normalized spacial score (nSPS) is 27.3. The fourth-order valence-electron chi connectivity index (χ4n) is 3.42. The third-order valence-electron chi connectivity index (χ3n) is 4.31. The standard InChI is InChI=1S/C16H26N2/c1-4-7-14-15(8-5-2)18(6-3)13-16(14)9-11-17-12-10-16/h5,7-8,17H,2,4,6,9-13H2,1,3H3/b14-7+,15-8+. The highest BCUT2D eigenvalue weighted by Crippen LogP contribution is 2.48. The highest BCUT2D eigenvalue weighted by molar-refractivity contribution is 5.43. The number of allylic oxidation sites excluding steroid dienone is 4. The van der Waals surface area contributed by atoms with Gasteiger partial charge in [0.2, 0.25) is 0 Å². The smallest absolute Gasteiger partial charge is 0.0401 e. The summed E-state index contributed by atoms with van der Waals surface area (Å²) in [6.07, 6.45) is 10.2. The van der Waals surface area contributed by atoms with Crippen molar-refractivity contribution in [3.63, 3.8) is 0 Å². The molecule has 2 aliphatic rings. The van der Waals surface area contributed by atoms with Gasteiger partial charge in [0.1, 0.15) is 0 Å². The van der Waals surface area contributed by atoms with Crippen LogP contribution in [0.4, 0.5) is 0 Å². The highest BCUT2D eigenvalue weighted by Gasteiger charge is 2.44. The van der Waals surface area contributed by atoms with Gasteiger partial charge >= 0.3 is 0 Å². The second-order valence-electron chi connectivity index (χ2n) is 5.36. The van der Waals surface area contributed by atoms with E-state index in [9.17, 15) is 0 Å². The molecule has 0 atom stereocenters. The van der Waals surface area contributed by atoms with Crippen molar-refractivity contribution in [2.75, 3.05) is 26.2 Å². The van der Waals surface area contributed by atoms with Crippen LogP contribution in [0.25, 0.3) is 0 Å². The molecule has 0 aromatic heterocycles. The minimum atomic E-state index is 0.395. The molecule has 2 nitrogen and oxygen atoms in total. The maximum Gasteiger partial charge on any atom is 0.0401 e. The van der Waals surface area contributed by atoms with Gasteiger partial charge in [0.05, 0.1) is 0 Å². The topological polar surface area (TPSA) is 15.3 Å². The molecule has 18 heavy (non-hydrogen) atoms. The first-order valence-corrected chi connectivity index (χ1v) is 7.27. The molecule has 2 heteroatoms. The van der Waals surface area contributed by atoms with Crippen LogP contribution in [0.1, 0.15) is 33.1 Å². The number of rotatable bonds is 3. The van der Waals surface area contributed by atoms with Gasteiger partial charge in [-0.25, -0.2) is 0 Å². The molecule has 0 amide bonds. The Kier molecular flexibility index (Phi) is 4.28. The first kappa shape index (κ1) is 13.4. The Balaban J connectivity index is 2.39.